The van der Waals surface area contributed by atoms with E-state index in [0.717, 1.165) is 0 Å². The number of aromatic nitrogens is 3. The largest absolute Gasteiger partial charge is 0.481 e. The van der Waals surface area contributed by atoms with Crippen LogP contribution >= 0.6 is 11.8 Å². The topological polar surface area (TPSA) is 113 Å². The molecule has 32 heavy (non-hydrogen) atoms. The number of methoxy groups -OCH3 is 1. The Morgan fingerprint density at radius 3 is 2.84 bits per heavy atom. The molecule has 0 spiro atoms. The molecule has 0 unspecified atom stereocenters. The van der Waals surface area contributed by atoms with E-state index in [0.29, 0.717) is 28.6 Å². The van der Waals surface area contributed by atoms with Crippen molar-refractivity contribution in [3.8, 4) is 24.1 Å². The first-order valence-electron chi connectivity index (χ1n) is 9.90. The minimum Gasteiger partial charge on any atom is -0.481 e. The molecular weight excluding hydrogens is 433 g/mol. The zero-order valence-corrected chi connectivity index (χ0v) is 18.5. The molecule has 1 aliphatic heterocycles. The lowest BCUT2D eigenvalue weighted by molar-refractivity contribution is 0.0987. The molecule has 1 saturated carbocycles. The number of ether oxygens (including phenoxy) is 2. The molecule has 0 aromatic carbocycles. The van der Waals surface area contributed by atoms with Crippen LogP contribution in [0.5, 0.6) is 11.8 Å². The number of hydrogen-bond acceptors (Lipinski definition) is 9. The number of nitrogens with zero attached hydrogens (tertiary/aromatic N) is 4. The first-order chi connectivity index (χ1) is 15.3. The van der Waals surface area contributed by atoms with E-state index in [1.807, 2.05) is 13.0 Å². The van der Waals surface area contributed by atoms with Gasteiger partial charge < -0.3 is 15.2 Å². The number of pyridine rings is 1. The zero-order chi connectivity index (χ0) is 22.9. The second kappa shape index (κ2) is 8.39. The first-order valence-corrected chi connectivity index (χ1v) is 10.7. The number of thioether (sulfide) groups is 1. The van der Waals surface area contributed by atoms with E-state index in [4.69, 9.17) is 21.6 Å². The van der Waals surface area contributed by atoms with E-state index < -0.39 is 17.0 Å². The van der Waals surface area contributed by atoms with Gasteiger partial charge in [-0.05, 0) is 25.0 Å². The maximum Gasteiger partial charge on any atom is 0.233 e. The molecule has 2 N–H and O–H groups in total. The Hall–Kier alpha value is -3.19. The van der Waals surface area contributed by atoms with E-state index in [-0.39, 0.29) is 36.3 Å². The first kappa shape index (κ1) is 22.0. The molecule has 10 heteroatoms. The normalized spacial score (nSPS) is 25.8. The summed E-state index contributed by atoms with van der Waals surface area (Å²) in [6.45, 7) is 1.49. The van der Waals surface area contributed by atoms with Crippen LogP contribution in [0.15, 0.2) is 29.6 Å². The minimum atomic E-state index is -0.797. The smallest absolute Gasteiger partial charge is 0.233 e. The van der Waals surface area contributed by atoms with E-state index in [1.54, 1.807) is 6.20 Å². The van der Waals surface area contributed by atoms with Crippen LogP contribution in [-0.2, 0) is 12.0 Å². The number of carbonyl (C=O) groups excluding carboxylic acids is 1. The summed E-state index contributed by atoms with van der Waals surface area (Å²) >= 11 is 1.29. The zero-order valence-electron chi connectivity index (χ0n) is 17.7. The van der Waals surface area contributed by atoms with Crippen LogP contribution in [0.4, 0.5) is 4.39 Å². The lowest BCUT2D eigenvalue weighted by atomic mass is 9.85. The highest BCUT2D eigenvalue weighted by Crippen LogP contribution is 2.66. The van der Waals surface area contributed by atoms with E-state index in [9.17, 15) is 9.18 Å². The Balaban J connectivity index is 1.60. The molecule has 1 fully saturated rings. The van der Waals surface area contributed by atoms with Crippen molar-refractivity contribution < 1.29 is 18.7 Å². The van der Waals surface area contributed by atoms with Crippen molar-refractivity contribution in [2.75, 3.05) is 20.4 Å². The van der Waals surface area contributed by atoms with Crippen LogP contribution in [0, 0.1) is 18.3 Å². The fraction of sp³-hybridized carbons (Fsp3) is 0.409. The highest BCUT2D eigenvalue weighted by molar-refractivity contribution is 8.15. The van der Waals surface area contributed by atoms with Gasteiger partial charge in [0, 0.05) is 24.1 Å². The highest BCUT2D eigenvalue weighted by Gasteiger charge is 2.67. The third kappa shape index (κ3) is 3.88. The number of rotatable bonds is 8. The molecular formula is C22H22FN5O3S. The summed E-state index contributed by atoms with van der Waals surface area (Å²) in [6, 6.07) is 1.83. The molecule has 4 rings (SSSR count). The number of amidine groups is 1. The number of aliphatic imine (C=N–C) groups is 1. The average Bonchev–Trinajstić information content (AvgIpc) is 3.54. The summed E-state index contributed by atoms with van der Waals surface area (Å²) in [4.78, 5) is 29.9. The van der Waals surface area contributed by atoms with Crippen molar-refractivity contribution in [1.29, 1.82) is 0 Å². The number of fused-ring (bicyclic) bond motifs is 1. The van der Waals surface area contributed by atoms with Crippen LogP contribution < -0.4 is 15.2 Å². The van der Waals surface area contributed by atoms with Crippen molar-refractivity contribution in [1.82, 2.24) is 15.0 Å². The molecule has 166 valence electrons. The fourth-order valence-corrected chi connectivity index (χ4v) is 5.44. The second-order valence-corrected chi connectivity index (χ2v) is 9.32. The van der Waals surface area contributed by atoms with Crippen molar-refractivity contribution in [2.45, 2.75) is 30.1 Å². The van der Waals surface area contributed by atoms with Gasteiger partial charge in [0.2, 0.25) is 11.8 Å². The van der Waals surface area contributed by atoms with Gasteiger partial charge in [0.1, 0.15) is 12.4 Å². The number of Topliss-reactive ketones (excluding diaryl/α,β-unsaturated/α-hetero) is 1. The molecule has 8 nitrogen and oxygen atoms in total. The molecule has 3 heterocycles. The van der Waals surface area contributed by atoms with Gasteiger partial charge in [-0.15, -0.1) is 6.42 Å². The summed E-state index contributed by atoms with van der Waals surface area (Å²) in [6.07, 6.45) is 10.1. The van der Waals surface area contributed by atoms with Gasteiger partial charge in [0.25, 0.3) is 0 Å². The van der Waals surface area contributed by atoms with Gasteiger partial charge >= 0.3 is 0 Å². The Morgan fingerprint density at radius 1 is 1.38 bits per heavy atom. The molecule has 2 aliphatic rings. The molecule has 3 atom stereocenters. The van der Waals surface area contributed by atoms with Gasteiger partial charge in [-0.2, -0.15) is 0 Å². The SMILES string of the molecule is C#CCOc1cnc(C(=O)Cc2cnc(OC)c([C@@]3(C)N=C(N)S[C@@]4(CF)C[C@H]43)c2)cn1. The number of carbonyl (C=O) groups is 1. The Bertz CT molecular complexity index is 1120. The standard InChI is InChI=1S/C22H22FN5O3S/c1-4-5-31-18-11-25-15(10-26-18)16(29)7-13-6-14(19(30-3)27-9-13)21(2)17-8-22(17,12-23)32-20(24)28-21/h1,6,9-11,17H,5,7-8,12H2,2-3H3,(H2,24,28)/t17-,21+,22+/m0/s1. The van der Waals surface area contributed by atoms with Gasteiger partial charge in [-0.25, -0.2) is 19.3 Å². The van der Waals surface area contributed by atoms with Crippen LogP contribution in [-0.4, -0.2) is 51.0 Å². The van der Waals surface area contributed by atoms with Gasteiger partial charge in [0.15, 0.2) is 17.6 Å². The monoisotopic (exact) mass is 455 g/mol. The lowest BCUT2D eigenvalue weighted by Crippen LogP contribution is -2.36. The van der Waals surface area contributed by atoms with Crippen molar-refractivity contribution in [3.63, 3.8) is 0 Å². The van der Waals surface area contributed by atoms with Crippen LogP contribution in [0.2, 0.25) is 0 Å². The quantitative estimate of drug-likeness (QED) is 0.477. The maximum absolute atomic E-state index is 13.8. The Labute approximate surface area is 189 Å². The number of halogens is 1. The van der Waals surface area contributed by atoms with Crippen molar-refractivity contribution >= 4 is 22.7 Å². The number of alkyl halides is 1. The highest BCUT2D eigenvalue weighted by atomic mass is 32.2. The third-order valence-electron chi connectivity index (χ3n) is 5.81. The van der Waals surface area contributed by atoms with Crippen molar-refractivity contribution in [2.24, 2.45) is 16.6 Å². The number of hydrogen-bond donors (Lipinski definition) is 1. The van der Waals surface area contributed by atoms with E-state index in [2.05, 4.69) is 25.9 Å². The Morgan fingerprint density at radius 2 is 2.19 bits per heavy atom. The predicted octanol–water partition coefficient (Wildman–Crippen LogP) is 2.32. The van der Waals surface area contributed by atoms with Crippen LogP contribution in [0.3, 0.4) is 0 Å². The molecule has 0 saturated heterocycles. The molecule has 0 radical (unpaired) electrons. The number of ketones is 1. The van der Waals surface area contributed by atoms with Gasteiger partial charge in [-0.1, -0.05) is 17.7 Å². The van der Waals surface area contributed by atoms with Crippen LogP contribution in [0.1, 0.15) is 35.0 Å². The summed E-state index contributed by atoms with van der Waals surface area (Å²) in [7, 11) is 1.51. The van der Waals surface area contributed by atoms with Crippen LogP contribution in [0.25, 0.3) is 0 Å². The summed E-state index contributed by atoms with van der Waals surface area (Å²) in [5.41, 5.74) is 6.77. The van der Waals surface area contributed by atoms with Gasteiger partial charge in [-0.3, -0.25) is 9.79 Å². The predicted molar refractivity (Wildman–Crippen MR) is 119 cm³/mol. The molecule has 1 aliphatic carbocycles. The summed E-state index contributed by atoms with van der Waals surface area (Å²) in [5, 5.41) is 0.338. The third-order valence-corrected chi connectivity index (χ3v) is 7.08. The number of terminal acetylenes is 1. The van der Waals surface area contributed by atoms with Crippen molar-refractivity contribution in [3.05, 3.63) is 41.5 Å². The summed E-state index contributed by atoms with van der Waals surface area (Å²) in [5.74, 6) is 2.67. The lowest BCUT2D eigenvalue weighted by Gasteiger charge is -2.33. The molecule has 0 bridgehead atoms. The van der Waals surface area contributed by atoms with Gasteiger partial charge in [0.05, 0.1) is 29.8 Å². The molecule has 2 aromatic heterocycles. The maximum atomic E-state index is 13.8. The van der Waals surface area contributed by atoms with E-state index >= 15 is 0 Å². The Kier molecular flexibility index (Phi) is 5.77. The second-order valence-electron chi connectivity index (χ2n) is 7.89. The average molecular weight is 456 g/mol. The number of nitrogens with two attached hydrogens (primary N) is 1. The minimum absolute atomic E-state index is 0.0413. The summed E-state index contributed by atoms with van der Waals surface area (Å²) < 4.78 is 23.9. The molecule has 0 amide bonds. The fourth-order valence-electron chi connectivity index (χ4n) is 4.11. The van der Waals surface area contributed by atoms with E-state index in [1.165, 1.54) is 31.3 Å². The molecule has 2 aromatic rings.